The van der Waals surface area contributed by atoms with E-state index in [0.717, 1.165) is 17.1 Å². The molecule has 0 unspecified atom stereocenters. The largest absolute Gasteiger partial charge is 1.00 e. The normalized spacial score (nSPS) is 12.4. The lowest BCUT2D eigenvalue weighted by Gasteiger charge is -2.29. The molecule has 0 aromatic rings. The van der Waals surface area contributed by atoms with Gasteiger partial charge >= 0.3 is 8.80 Å². The summed E-state index contributed by atoms with van der Waals surface area (Å²) in [6.07, 6.45) is 0. The van der Waals surface area contributed by atoms with Gasteiger partial charge in [-0.05, 0) is 0 Å². The maximum Gasteiger partial charge on any atom is 0.505 e. The third-order valence-corrected chi connectivity index (χ3v) is 4.72. The van der Waals surface area contributed by atoms with Crippen molar-refractivity contribution < 1.29 is 34.7 Å². The summed E-state index contributed by atoms with van der Waals surface area (Å²) >= 11 is 0. The van der Waals surface area contributed by atoms with Gasteiger partial charge in [-0.15, -0.1) is 0 Å². The second-order valence-corrected chi connectivity index (χ2v) is 7.15. The quantitative estimate of drug-likeness (QED) is 0.402. The minimum atomic E-state index is -2.34. The fourth-order valence-electron chi connectivity index (χ4n) is 1.03. The Morgan fingerprint density at radius 2 is 1.29 bits per heavy atom. The van der Waals surface area contributed by atoms with Crippen molar-refractivity contribution in [1.29, 1.82) is 0 Å². The molecule has 0 fully saturated rings. The van der Waals surface area contributed by atoms with Gasteiger partial charge in [-0.3, -0.25) is 0 Å². The van der Waals surface area contributed by atoms with Crippen molar-refractivity contribution in [2.24, 2.45) is 0 Å². The van der Waals surface area contributed by atoms with Gasteiger partial charge in [0.2, 0.25) is 0 Å². The van der Waals surface area contributed by atoms with Crippen LogP contribution in [0, 0.1) is 0 Å². The van der Waals surface area contributed by atoms with E-state index < -0.39 is 8.80 Å². The van der Waals surface area contributed by atoms with E-state index >= 15 is 0 Å². The summed E-state index contributed by atoms with van der Waals surface area (Å²) in [5, 5.41) is 0. The maximum atomic E-state index is 5.32. The number of quaternary nitrogens is 1. The molecule has 0 atom stereocenters. The smallest absolute Gasteiger partial charge is 0.505 e. The summed E-state index contributed by atoms with van der Waals surface area (Å²) in [4.78, 5) is 0. The molecule has 0 rings (SSSR count). The topological polar surface area (TPSA) is 27.7 Å². The summed E-state index contributed by atoms with van der Waals surface area (Å²) in [6, 6.07) is 0.847. The van der Waals surface area contributed by atoms with Gasteiger partial charge in [0.25, 0.3) is 0 Å². The minimum Gasteiger partial charge on any atom is -1.00 e. The average molecular weight is 288 g/mol. The maximum absolute atomic E-state index is 5.32. The van der Waals surface area contributed by atoms with Crippen LogP contribution < -0.4 is 17.0 Å². The highest BCUT2D eigenvalue weighted by atomic mass is 79.9. The summed E-state index contributed by atoms with van der Waals surface area (Å²) in [5.74, 6) is 0. The highest BCUT2D eigenvalue weighted by Crippen LogP contribution is 2.13. The molecule has 0 N–H and O–H groups in total. The average Bonchev–Trinajstić information content (AvgIpc) is 2.06. The Bertz CT molecular complexity index is 140. The molecule has 0 aliphatic rings. The Labute approximate surface area is 98.9 Å². The molecule has 0 bridgehead atoms. The second kappa shape index (κ2) is 6.92. The van der Waals surface area contributed by atoms with Gasteiger partial charge in [0.1, 0.15) is 0 Å². The molecular formula is C8H22BrNO3Si. The van der Waals surface area contributed by atoms with Crippen molar-refractivity contribution in [3.8, 4) is 0 Å². The van der Waals surface area contributed by atoms with Crippen LogP contribution in [0.25, 0.3) is 0 Å². The molecule has 0 heterocycles. The number of nitrogens with zero attached hydrogens (tertiary/aromatic N) is 1. The molecule has 4 nitrogen and oxygen atoms in total. The first-order valence-corrected chi connectivity index (χ1v) is 6.28. The van der Waals surface area contributed by atoms with Crippen LogP contribution in [0.15, 0.2) is 0 Å². The lowest BCUT2D eigenvalue weighted by molar-refractivity contribution is -0.868. The van der Waals surface area contributed by atoms with Gasteiger partial charge in [-0.1, -0.05) is 0 Å². The Kier molecular flexibility index (Phi) is 8.38. The van der Waals surface area contributed by atoms with Crippen molar-refractivity contribution in [3.63, 3.8) is 0 Å². The zero-order chi connectivity index (χ0) is 10.5. The van der Waals surface area contributed by atoms with Crippen molar-refractivity contribution in [2.75, 3.05) is 49.0 Å². The third kappa shape index (κ3) is 6.10. The first-order chi connectivity index (χ1) is 5.89. The molecule has 0 radical (unpaired) electrons. The van der Waals surface area contributed by atoms with E-state index in [1.54, 1.807) is 21.3 Å². The lowest BCUT2D eigenvalue weighted by Crippen LogP contribution is -3.00. The Balaban J connectivity index is 0. The van der Waals surface area contributed by atoms with Crippen molar-refractivity contribution in [3.05, 3.63) is 0 Å². The van der Waals surface area contributed by atoms with Crippen LogP contribution in [0.4, 0.5) is 0 Å². The number of halogens is 1. The molecule has 0 spiro atoms. The predicted octanol–water partition coefficient (Wildman–Crippen LogP) is -2.43. The van der Waals surface area contributed by atoms with Crippen LogP contribution in [0.1, 0.15) is 0 Å². The zero-order valence-corrected chi connectivity index (χ0v) is 12.6. The van der Waals surface area contributed by atoms with E-state index in [-0.39, 0.29) is 17.0 Å². The van der Waals surface area contributed by atoms with E-state index in [1.807, 2.05) is 0 Å². The van der Waals surface area contributed by atoms with E-state index in [9.17, 15) is 0 Å². The zero-order valence-electron chi connectivity index (χ0n) is 9.96. The van der Waals surface area contributed by atoms with E-state index in [0.29, 0.717) is 0 Å². The molecule has 0 saturated carbocycles. The highest BCUT2D eigenvalue weighted by Gasteiger charge is 2.39. The summed E-state index contributed by atoms with van der Waals surface area (Å²) < 4.78 is 16.8. The van der Waals surface area contributed by atoms with E-state index in [1.165, 1.54) is 0 Å². The first-order valence-electron chi connectivity index (χ1n) is 4.35. The Morgan fingerprint density at radius 3 is 1.50 bits per heavy atom. The van der Waals surface area contributed by atoms with E-state index in [4.69, 9.17) is 13.3 Å². The molecule has 0 aliphatic heterocycles. The summed E-state index contributed by atoms with van der Waals surface area (Å²) in [5.41, 5.74) is 0. The predicted molar refractivity (Wildman–Crippen MR) is 54.5 cm³/mol. The fourth-order valence-corrected chi connectivity index (χ4v) is 3.09. The number of hydrogen-bond acceptors (Lipinski definition) is 3. The van der Waals surface area contributed by atoms with Crippen molar-refractivity contribution in [1.82, 2.24) is 0 Å². The van der Waals surface area contributed by atoms with Crippen LogP contribution in [0.5, 0.6) is 0 Å². The lowest BCUT2D eigenvalue weighted by atomic mass is 10.6. The number of hydrogen-bond donors (Lipinski definition) is 0. The summed E-state index contributed by atoms with van der Waals surface area (Å²) in [7, 11) is 9.02. The Morgan fingerprint density at radius 1 is 0.929 bits per heavy atom. The van der Waals surface area contributed by atoms with Gasteiger partial charge in [0.15, 0.2) is 0 Å². The van der Waals surface area contributed by atoms with Crippen LogP contribution in [-0.4, -0.2) is 62.3 Å². The van der Waals surface area contributed by atoms with Crippen LogP contribution in [0.2, 0.25) is 6.04 Å². The van der Waals surface area contributed by atoms with Gasteiger partial charge in [-0.25, -0.2) is 0 Å². The molecule has 14 heavy (non-hydrogen) atoms. The summed E-state index contributed by atoms with van der Waals surface area (Å²) in [6.45, 7) is 0.988. The molecule has 6 heteroatoms. The van der Waals surface area contributed by atoms with Crippen LogP contribution >= 0.6 is 0 Å². The van der Waals surface area contributed by atoms with Crippen molar-refractivity contribution in [2.45, 2.75) is 6.04 Å². The molecule has 0 amide bonds. The van der Waals surface area contributed by atoms with E-state index in [2.05, 4.69) is 21.1 Å². The molecule has 0 aromatic heterocycles. The van der Waals surface area contributed by atoms with Gasteiger partial charge < -0.3 is 34.7 Å². The highest BCUT2D eigenvalue weighted by molar-refractivity contribution is 6.60. The molecule has 0 saturated heterocycles. The van der Waals surface area contributed by atoms with Gasteiger partial charge in [0, 0.05) is 21.3 Å². The molecule has 0 aliphatic carbocycles. The van der Waals surface area contributed by atoms with Crippen LogP contribution in [0.3, 0.4) is 0 Å². The van der Waals surface area contributed by atoms with Gasteiger partial charge in [-0.2, -0.15) is 0 Å². The van der Waals surface area contributed by atoms with Crippen molar-refractivity contribution >= 4 is 8.80 Å². The first kappa shape index (κ1) is 16.9. The molecular weight excluding hydrogens is 266 g/mol. The monoisotopic (exact) mass is 287 g/mol. The fraction of sp³-hybridized carbons (Fsp3) is 1.00. The second-order valence-electron chi connectivity index (χ2n) is 4.06. The minimum absolute atomic E-state index is 0. The third-order valence-electron chi connectivity index (χ3n) is 2.02. The Hall–Kier alpha value is 0.537. The number of rotatable bonds is 6. The van der Waals surface area contributed by atoms with Gasteiger partial charge in [0.05, 0.1) is 33.7 Å². The van der Waals surface area contributed by atoms with Crippen LogP contribution in [-0.2, 0) is 13.3 Å². The SMILES string of the molecule is CO[Si](CC[N+](C)(C)C)(OC)OC.[Br-]. The molecule has 88 valence electrons. The standard InChI is InChI=1S/C8H22NO3Si.BrH/c1-9(2,3)7-8-13(10-4,11-5)12-6;/h7-8H2,1-6H3;1H/q+1;/p-1. The molecule has 0 aromatic carbocycles.